The van der Waals surface area contributed by atoms with Crippen molar-refractivity contribution in [2.45, 2.75) is 33.6 Å². The van der Waals surface area contributed by atoms with Crippen molar-refractivity contribution in [2.24, 2.45) is 0 Å². The molecule has 0 amide bonds. The minimum atomic E-state index is 0.270. The summed E-state index contributed by atoms with van der Waals surface area (Å²) >= 11 is 0. The predicted octanol–water partition coefficient (Wildman–Crippen LogP) is 5.61. The van der Waals surface area contributed by atoms with Gasteiger partial charge in [-0.2, -0.15) is 5.26 Å². The van der Waals surface area contributed by atoms with Gasteiger partial charge < -0.3 is 5.73 Å². The van der Waals surface area contributed by atoms with Crippen molar-refractivity contribution in [1.82, 2.24) is 4.98 Å². The molecule has 2 aromatic carbocycles. The van der Waals surface area contributed by atoms with E-state index in [0.717, 1.165) is 22.4 Å². The lowest BCUT2D eigenvalue weighted by molar-refractivity contribution is 0.867. The van der Waals surface area contributed by atoms with Gasteiger partial charge in [0.2, 0.25) is 0 Å². The highest BCUT2D eigenvalue weighted by molar-refractivity contribution is 5.80. The second-order valence-corrected chi connectivity index (χ2v) is 7.00. The molecular formula is C23H23N3. The van der Waals surface area contributed by atoms with Gasteiger partial charge in [-0.15, -0.1) is 0 Å². The summed E-state index contributed by atoms with van der Waals surface area (Å²) in [6.07, 6.45) is 0. The van der Waals surface area contributed by atoms with E-state index < -0.39 is 0 Å². The molecule has 1 heterocycles. The van der Waals surface area contributed by atoms with E-state index in [1.165, 1.54) is 16.7 Å². The van der Waals surface area contributed by atoms with E-state index in [1.54, 1.807) is 0 Å². The summed E-state index contributed by atoms with van der Waals surface area (Å²) < 4.78 is 0. The Kier molecular flexibility index (Phi) is 4.77. The molecular weight excluding hydrogens is 318 g/mol. The SMILES string of the molecule is Cc1ccc(-c2cc(-c3ccc(C(C)C)cc3)c(C#N)c(N)n2)cc1C. The molecule has 0 aliphatic rings. The second-order valence-electron chi connectivity index (χ2n) is 7.00. The largest absolute Gasteiger partial charge is 0.383 e. The van der Waals surface area contributed by atoms with Crippen LogP contribution in [0.25, 0.3) is 22.4 Å². The maximum absolute atomic E-state index is 9.58. The molecule has 0 saturated heterocycles. The molecule has 0 unspecified atom stereocenters. The molecule has 26 heavy (non-hydrogen) atoms. The Labute approximate surface area is 155 Å². The standard InChI is InChI=1S/C23H23N3/c1-14(2)17-7-9-18(10-8-17)20-12-22(26-23(25)21(20)13-24)19-6-5-15(3)16(4)11-19/h5-12,14H,1-4H3,(H2,25,26). The van der Waals surface area contributed by atoms with Gasteiger partial charge in [0.05, 0.1) is 5.69 Å². The number of nitrogens with two attached hydrogens (primary N) is 1. The number of aryl methyl sites for hydroxylation is 2. The lowest BCUT2D eigenvalue weighted by atomic mass is 9.95. The zero-order chi connectivity index (χ0) is 18.8. The Balaban J connectivity index is 2.16. The molecule has 0 radical (unpaired) electrons. The third-order valence-corrected chi connectivity index (χ3v) is 4.85. The van der Waals surface area contributed by atoms with Crippen LogP contribution in [0.15, 0.2) is 48.5 Å². The highest BCUT2D eigenvalue weighted by Gasteiger charge is 2.14. The number of rotatable bonds is 3. The molecule has 0 aliphatic carbocycles. The second kappa shape index (κ2) is 7.01. The van der Waals surface area contributed by atoms with E-state index >= 15 is 0 Å². The highest BCUT2D eigenvalue weighted by atomic mass is 14.8. The van der Waals surface area contributed by atoms with E-state index in [4.69, 9.17) is 5.73 Å². The van der Waals surface area contributed by atoms with Gasteiger partial charge >= 0.3 is 0 Å². The fourth-order valence-corrected chi connectivity index (χ4v) is 3.01. The number of aromatic nitrogens is 1. The van der Waals surface area contributed by atoms with Crippen LogP contribution in [0.1, 0.15) is 42.0 Å². The first-order valence-electron chi connectivity index (χ1n) is 8.79. The molecule has 3 rings (SSSR count). The van der Waals surface area contributed by atoms with Crippen molar-refractivity contribution in [3.8, 4) is 28.5 Å². The number of benzene rings is 2. The van der Waals surface area contributed by atoms with Crippen LogP contribution in [0.5, 0.6) is 0 Å². The zero-order valence-electron chi connectivity index (χ0n) is 15.7. The van der Waals surface area contributed by atoms with Crippen LogP contribution in [0.2, 0.25) is 0 Å². The van der Waals surface area contributed by atoms with Crippen LogP contribution >= 0.6 is 0 Å². The van der Waals surface area contributed by atoms with Crippen LogP contribution in [-0.4, -0.2) is 4.98 Å². The van der Waals surface area contributed by atoms with Gasteiger partial charge in [-0.3, -0.25) is 0 Å². The fourth-order valence-electron chi connectivity index (χ4n) is 3.01. The Morgan fingerprint density at radius 1 is 0.923 bits per heavy atom. The molecule has 0 saturated carbocycles. The van der Waals surface area contributed by atoms with Gasteiger partial charge in [0.25, 0.3) is 0 Å². The van der Waals surface area contributed by atoms with Gasteiger partial charge in [-0.1, -0.05) is 50.2 Å². The first-order chi connectivity index (χ1) is 12.4. The summed E-state index contributed by atoms with van der Waals surface area (Å²) in [5.74, 6) is 0.735. The van der Waals surface area contributed by atoms with E-state index in [2.05, 4.69) is 75.1 Å². The van der Waals surface area contributed by atoms with Crippen molar-refractivity contribution < 1.29 is 0 Å². The van der Waals surface area contributed by atoms with Gasteiger partial charge in [0, 0.05) is 11.1 Å². The molecule has 0 spiro atoms. The Bertz CT molecular complexity index is 993. The smallest absolute Gasteiger partial charge is 0.142 e. The maximum atomic E-state index is 9.58. The third-order valence-electron chi connectivity index (χ3n) is 4.85. The normalized spacial score (nSPS) is 10.8. The van der Waals surface area contributed by atoms with E-state index in [-0.39, 0.29) is 5.82 Å². The summed E-state index contributed by atoms with van der Waals surface area (Å²) in [4.78, 5) is 4.47. The topological polar surface area (TPSA) is 62.7 Å². The summed E-state index contributed by atoms with van der Waals surface area (Å²) in [7, 11) is 0. The number of nitrogen functional groups attached to an aromatic ring is 1. The number of nitrogens with zero attached hydrogens (tertiary/aromatic N) is 2. The summed E-state index contributed by atoms with van der Waals surface area (Å²) in [5, 5.41) is 9.58. The average molecular weight is 341 g/mol. The number of nitriles is 1. The molecule has 0 atom stereocenters. The van der Waals surface area contributed by atoms with Crippen LogP contribution in [0, 0.1) is 25.2 Å². The molecule has 3 nitrogen and oxygen atoms in total. The molecule has 2 N–H and O–H groups in total. The summed E-state index contributed by atoms with van der Waals surface area (Å²) in [6, 6.07) is 18.7. The average Bonchev–Trinajstić information content (AvgIpc) is 2.63. The lowest BCUT2D eigenvalue weighted by Crippen LogP contribution is -2.00. The van der Waals surface area contributed by atoms with Crippen molar-refractivity contribution in [1.29, 1.82) is 5.26 Å². The molecule has 130 valence electrons. The van der Waals surface area contributed by atoms with Crippen LogP contribution in [0.4, 0.5) is 5.82 Å². The van der Waals surface area contributed by atoms with Gasteiger partial charge in [0.1, 0.15) is 17.5 Å². The first kappa shape index (κ1) is 17.7. The lowest BCUT2D eigenvalue weighted by Gasteiger charge is -2.12. The minimum absolute atomic E-state index is 0.270. The molecule has 3 aromatic rings. The third kappa shape index (κ3) is 3.32. The fraction of sp³-hybridized carbons (Fsp3) is 0.217. The molecule has 0 bridgehead atoms. The quantitative estimate of drug-likeness (QED) is 0.673. The van der Waals surface area contributed by atoms with E-state index in [1.807, 2.05) is 12.1 Å². The van der Waals surface area contributed by atoms with Gasteiger partial charge in [-0.25, -0.2) is 4.98 Å². The molecule has 3 heteroatoms. The zero-order valence-corrected chi connectivity index (χ0v) is 15.7. The number of anilines is 1. The summed E-state index contributed by atoms with van der Waals surface area (Å²) in [5.41, 5.74) is 13.8. The van der Waals surface area contributed by atoms with Crippen LogP contribution in [-0.2, 0) is 0 Å². The van der Waals surface area contributed by atoms with E-state index in [0.29, 0.717) is 11.5 Å². The van der Waals surface area contributed by atoms with Gasteiger partial charge in [-0.05, 0) is 54.2 Å². The maximum Gasteiger partial charge on any atom is 0.142 e. The highest BCUT2D eigenvalue weighted by Crippen LogP contribution is 2.32. The molecule has 0 fully saturated rings. The molecule has 0 aliphatic heterocycles. The Morgan fingerprint density at radius 3 is 2.15 bits per heavy atom. The van der Waals surface area contributed by atoms with Crippen molar-refractivity contribution in [3.05, 3.63) is 70.8 Å². The van der Waals surface area contributed by atoms with Crippen LogP contribution < -0.4 is 5.73 Å². The van der Waals surface area contributed by atoms with Crippen molar-refractivity contribution in [2.75, 3.05) is 5.73 Å². The van der Waals surface area contributed by atoms with Gasteiger partial charge in [0.15, 0.2) is 0 Å². The number of pyridine rings is 1. The minimum Gasteiger partial charge on any atom is -0.383 e. The molecule has 1 aromatic heterocycles. The summed E-state index contributed by atoms with van der Waals surface area (Å²) in [6.45, 7) is 8.49. The van der Waals surface area contributed by atoms with E-state index in [9.17, 15) is 5.26 Å². The van der Waals surface area contributed by atoms with Crippen LogP contribution in [0.3, 0.4) is 0 Å². The Morgan fingerprint density at radius 2 is 1.58 bits per heavy atom. The monoisotopic (exact) mass is 341 g/mol. The van der Waals surface area contributed by atoms with Crippen molar-refractivity contribution >= 4 is 5.82 Å². The number of hydrogen-bond donors (Lipinski definition) is 1. The Hall–Kier alpha value is -3.12. The first-order valence-corrected chi connectivity index (χ1v) is 8.79. The van der Waals surface area contributed by atoms with Crippen molar-refractivity contribution in [3.63, 3.8) is 0 Å². The predicted molar refractivity (Wildman–Crippen MR) is 108 cm³/mol. The number of hydrogen-bond acceptors (Lipinski definition) is 3.